The zero-order valence-corrected chi connectivity index (χ0v) is 11.9. The number of ether oxygens (including phenoxy) is 2. The zero-order chi connectivity index (χ0) is 15.9. The molecule has 0 bridgehead atoms. The molecule has 0 spiro atoms. The zero-order valence-electron chi connectivity index (χ0n) is 11.9. The topological polar surface area (TPSA) is 100.0 Å². The fraction of sp³-hybridized carbons (Fsp3) is 0.133. The van der Waals surface area contributed by atoms with E-state index in [9.17, 15) is 10.1 Å². The number of nitrogens with zero attached hydrogens (tertiary/aromatic N) is 2. The number of nitrogens with two attached hydrogens (primary N) is 1. The summed E-state index contributed by atoms with van der Waals surface area (Å²) in [4.78, 5) is 10.3. The van der Waals surface area contributed by atoms with Crippen molar-refractivity contribution in [2.24, 2.45) is 10.9 Å². The van der Waals surface area contributed by atoms with Crippen molar-refractivity contribution in [2.75, 3.05) is 7.11 Å². The standard InChI is InChI=1S/C15H15N3O4/c1-21-15-6-5-11(9-17-16)7-12(15)10-22-14-4-2-3-13(8-14)18(19)20/h2-9H,10,16H2,1H3. The first-order valence-corrected chi connectivity index (χ1v) is 6.41. The van der Waals surface area contributed by atoms with Crippen LogP contribution in [0.25, 0.3) is 0 Å². The molecule has 2 aromatic carbocycles. The Morgan fingerprint density at radius 2 is 2.14 bits per heavy atom. The lowest BCUT2D eigenvalue weighted by atomic mass is 10.1. The molecule has 0 radical (unpaired) electrons. The molecule has 0 aliphatic rings. The van der Waals surface area contributed by atoms with Crippen molar-refractivity contribution in [1.29, 1.82) is 0 Å². The molecule has 7 heteroatoms. The van der Waals surface area contributed by atoms with Crippen LogP contribution in [0.15, 0.2) is 47.6 Å². The summed E-state index contributed by atoms with van der Waals surface area (Å²) in [5.74, 6) is 6.20. The van der Waals surface area contributed by atoms with E-state index in [0.29, 0.717) is 11.5 Å². The van der Waals surface area contributed by atoms with Gasteiger partial charge in [0.15, 0.2) is 0 Å². The molecule has 114 valence electrons. The van der Waals surface area contributed by atoms with E-state index >= 15 is 0 Å². The lowest BCUT2D eigenvalue weighted by molar-refractivity contribution is -0.384. The fourth-order valence-corrected chi connectivity index (χ4v) is 1.93. The molecule has 22 heavy (non-hydrogen) atoms. The lowest BCUT2D eigenvalue weighted by Crippen LogP contribution is -2.00. The molecule has 0 fully saturated rings. The lowest BCUT2D eigenvalue weighted by Gasteiger charge is -2.11. The summed E-state index contributed by atoms with van der Waals surface area (Å²) in [6.45, 7) is 0.205. The van der Waals surface area contributed by atoms with Gasteiger partial charge in [-0.05, 0) is 29.8 Å². The Morgan fingerprint density at radius 1 is 1.32 bits per heavy atom. The number of rotatable bonds is 6. The summed E-state index contributed by atoms with van der Waals surface area (Å²) in [6.07, 6.45) is 1.51. The van der Waals surface area contributed by atoms with Gasteiger partial charge in [-0.1, -0.05) is 6.07 Å². The molecule has 0 unspecified atom stereocenters. The van der Waals surface area contributed by atoms with E-state index in [-0.39, 0.29) is 12.3 Å². The van der Waals surface area contributed by atoms with Crippen LogP contribution in [-0.2, 0) is 6.61 Å². The molecule has 2 rings (SSSR count). The van der Waals surface area contributed by atoms with Gasteiger partial charge in [-0.3, -0.25) is 10.1 Å². The third kappa shape index (κ3) is 3.72. The van der Waals surface area contributed by atoms with E-state index in [2.05, 4.69) is 5.10 Å². The van der Waals surface area contributed by atoms with Crippen molar-refractivity contribution in [1.82, 2.24) is 0 Å². The van der Waals surface area contributed by atoms with Crippen LogP contribution < -0.4 is 15.3 Å². The number of benzene rings is 2. The van der Waals surface area contributed by atoms with Gasteiger partial charge in [0.1, 0.15) is 18.1 Å². The van der Waals surface area contributed by atoms with Gasteiger partial charge in [0.25, 0.3) is 5.69 Å². The van der Waals surface area contributed by atoms with Gasteiger partial charge < -0.3 is 15.3 Å². The van der Waals surface area contributed by atoms with Crippen molar-refractivity contribution in [3.8, 4) is 11.5 Å². The number of hydrogen-bond acceptors (Lipinski definition) is 6. The second-order valence-electron chi connectivity index (χ2n) is 4.39. The number of methoxy groups -OCH3 is 1. The summed E-state index contributed by atoms with van der Waals surface area (Å²) in [7, 11) is 1.56. The highest BCUT2D eigenvalue weighted by atomic mass is 16.6. The normalized spacial score (nSPS) is 10.6. The summed E-state index contributed by atoms with van der Waals surface area (Å²) in [6, 6.07) is 11.4. The van der Waals surface area contributed by atoms with Crippen molar-refractivity contribution in [3.63, 3.8) is 0 Å². The summed E-state index contributed by atoms with van der Waals surface area (Å²) in [5.41, 5.74) is 1.57. The Labute approximate surface area is 127 Å². The molecule has 2 N–H and O–H groups in total. The summed E-state index contributed by atoms with van der Waals surface area (Å²) < 4.78 is 10.9. The first kappa shape index (κ1) is 15.3. The van der Waals surface area contributed by atoms with Crippen LogP contribution in [-0.4, -0.2) is 18.2 Å². The van der Waals surface area contributed by atoms with Crippen molar-refractivity contribution >= 4 is 11.9 Å². The predicted molar refractivity (Wildman–Crippen MR) is 82.2 cm³/mol. The molecule has 7 nitrogen and oxygen atoms in total. The van der Waals surface area contributed by atoms with E-state index < -0.39 is 4.92 Å². The Hall–Kier alpha value is -3.09. The molecule has 0 amide bonds. The molecular weight excluding hydrogens is 286 g/mol. The average Bonchev–Trinajstić information content (AvgIpc) is 2.53. The van der Waals surface area contributed by atoms with Crippen LogP contribution in [0.5, 0.6) is 11.5 Å². The number of non-ortho nitro benzene ring substituents is 1. The predicted octanol–water partition coefficient (Wildman–Crippen LogP) is 2.48. The highest BCUT2D eigenvalue weighted by molar-refractivity contribution is 5.80. The first-order valence-electron chi connectivity index (χ1n) is 6.41. The van der Waals surface area contributed by atoms with Gasteiger partial charge in [-0.15, -0.1) is 0 Å². The van der Waals surface area contributed by atoms with Crippen molar-refractivity contribution in [3.05, 3.63) is 63.7 Å². The molecule has 2 aromatic rings. The van der Waals surface area contributed by atoms with Crippen molar-refractivity contribution < 1.29 is 14.4 Å². The van der Waals surface area contributed by atoms with Crippen LogP contribution in [0.4, 0.5) is 5.69 Å². The van der Waals surface area contributed by atoms with Crippen LogP contribution >= 0.6 is 0 Å². The van der Waals surface area contributed by atoms with Gasteiger partial charge in [0.05, 0.1) is 24.3 Å². The van der Waals surface area contributed by atoms with E-state index in [4.69, 9.17) is 15.3 Å². The molecule has 0 saturated carbocycles. The highest BCUT2D eigenvalue weighted by Gasteiger charge is 2.08. The molecule has 0 aliphatic carbocycles. The largest absolute Gasteiger partial charge is 0.496 e. The van der Waals surface area contributed by atoms with Gasteiger partial charge in [-0.2, -0.15) is 5.10 Å². The molecule has 0 saturated heterocycles. The van der Waals surface area contributed by atoms with Crippen LogP contribution in [0.3, 0.4) is 0 Å². The minimum absolute atomic E-state index is 0.0199. The summed E-state index contributed by atoms with van der Waals surface area (Å²) in [5, 5.41) is 14.2. The quantitative estimate of drug-likeness (QED) is 0.382. The van der Waals surface area contributed by atoms with Gasteiger partial charge >= 0.3 is 0 Å². The first-order chi connectivity index (χ1) is 10.6. The Kier molecular flexibility index (Phi) is 4.92. The number of nitro benzene ring substituents is 1. The SMILES string of the molecule is COc1ccc(C=NN)cc1COc1cccc([N+](=O)[O-])c1. The molecule has 0 aromatic heterocycles. The molecule has 0 atom stereocenters. The fourth-order valence-electron chi connectivity index (χ4n) is 1.93. The van der Waals surface area contributed by atoms with Gasteiger partial charge in [0, 0.05) is 11.6 Å². The minimum atomic E-state index is -0.466. The third-order valence-electron chi connectivity index (χ3n) is 2.95. The molecule has 0 aliphatic heterocycles. The van der Waals surface area contributed by atoms with E-state index in [1.165, 1.54) is 18.3 Å². The summed E-state index contributed by atoms with van der Waals surface area (Å²) >= 11 is 0. The smallest absolute Gasteiger partial charge is 0.273 e. The number of hydrogen-bond donors (Lipinski definition) is 1. The monoisotopic (exact) mass is 301 g/mol. The third-order valence-corrected chi connectivity index (χ3v) is 2.95. The Bertz CT molecular complexity index is 701. The molecule has 0 heterocycles. The second kappa shape index (κ2) is 7.07. The van der Waals surface area contributed by atoms with Crippen LogP contribution in [0, 0.1) is 10.1 Å². The van der Waals surface area contributed by atoms with Crippen molar-refractivity contribution in [2.45, 2.75) is 6.61 Å². The average molecular weight is 301 g/mol. The Balaban J connectivity index is 2.18. The molecular formula is C15H15N3O4. The van der Waals surface area contributed by atoms with Crippen LogP contribution in [0.2, 0.25) is 0 Å². The number of nitro groups is 1. The maximum Gasteiger partial charge on any atom is 0.273 e. The van der Waals surface area contributed by atoms with Gasteiger partial charge in [-0.25, -0.2) is 0 Å². The van der Waals surface area contributed by atoms with Crippen LogP contribution in [0.1, 0.15) is 11.1 Å². The van der Waals surface area contributed by atoms with Gasteiger partial charge in [0.2, 0.25) is 0 Å². The maximum absolute atomic E-state index is 10.7. The van der Waals surface area contributed by atoms with E-state index in [1.54, 1.807) is 25.3 Å². The minimum Gasteiger partial charge on any atom is -0.496 e. The second-order valence-corrected chi connectivity index (χ2v) is 4.39. The highest BCUT2D eigenvalue weighted by Crippen LogP contribution is 2.24. The van der Waals surface area contributed by atoms with E-state index in [0.717, 1.165) is 11.1 Å². The Morgan fingerprint density at radius 3 is 2.82 bits per heavy atom. The van der Waals surface area contributed by atoms with E-state index in [1.807, 2.05) is 12.1 Å². The number of hydrazone groups is 1. The maximum atomic E-state index is 10.7.